The van der Waals surface area contributed by atoms with E-state index in [2.05, 4.69) is 13.8 Å². The van der Waals surface area contributed by atoms with Crippen LogP contribution in [0.4, 0.5) is 13.2 Å². The second-order valence-electron chi connectivity index (χ2n) is 9.46. The van der Waals surface area contributed by atoms with E-state index in [-0.39, 0.29) is 4.88 Å². The molecule has 1 aromatic carbocycles. The van der Waals surface area contributed by atoms with Crippen molar-refractivity contribution in [1.29, 1.82) is 0 Å². The standard InChI is InChI=1S/C22H39O4P.C8H5F3O2S/c1-3-5-7-9-11-16-20-24-27(23,26-22-18-14-13-15-19-22)25-21-17-12-10-8-6-4-2;9-5(7(13)8(10)11)6(12)4-2-1-3-14-4/h13-15,18-19H,3-12,16-17,20-21H2,1-2H3;1-3,5,8H. The van der Waals surface area contributed by atoms with Gasteiger partial charge in [0.05, 0.1) is 18.1 Å². The van der Waals surface area contributed by atoms with Crippen LogP contribution in [0.1, 0.15) is 101 Å². The van der Waals surface area contributed by atoms with Gasteiger partial charge in [0.15, 0.2) is 0 Å². The van der Waals surface area contributed by atoms with Gasteiger partial charge in [-0.3, -0.25) is 18.6 Å². The third-order valence-corrected chi connectivity index (χ3v) is 8.23. The number of halogens is 3. The fourth-order valence-electron chi connectivity index (χ4n) is 3.60. The molecule has 6 nitrogen and oxygen atoms in total. The van der Waals surface area contributed by atoms with Crippen molar-refractivity contribution in [2.45, 2.75) is 103 Å². The minimum absolute atomic E-state index is 0.0356. The summed E-state index contributed by atoms with van der Waals surface area (Å²) in [5.41, 5.74) is 0. The number of phosphoric acid groups is 1. The van der Waals surface area contributed by atoms with Crippen molar-refractivity contribution in [1.82, 2.24) is 0 Å². The first kappa shape index (κ1) is 37.0. The highest BCUT2D eigenvalue weighted by Gasteiger charge is 2.33. The Hall–Kier alpha value is -2.00. The molecule has 41 heavy (non-hydrogen) atoms. The molecule has 0 spiro atoms. The van der Waals surface area contributed by atoms with Crippen LogP contribution in [0.5, 0.6) is 5.75 Å². The minimum Gasteiger partial charge on any atom is -0.404 e. The lowest BCUT2D eigenvalue weighted by molar-refractivity contribution is -0.132. The summed E-state index contributed by atoms with van der Waals surface area (Å²) in [7, 11) is -3.56. The fraction of sp³-hybridized carbons (Fsp3) is 0.600. The highest BCUT2D eigenvalue weighted by molar-refractivity contribution is 7.48. The van der Waals surface area contributed by atoms with Crippen LogP contribution in [0.2, 0.25) is 0 Å². The zero-order valence-electron chi connectivity index (χ0n) is 24.1. The Labute approximate surface area is 246 Å². The quantitative estimate of drug-likeness (QED) is 0.0564. The lowest BCUT2D eigenvalue weighted by atomic mass is 10.1. The number of ketones is 2. The van der Waals surface area contributed by atoms with Crippen molar-refractivity contribution in [3.63, 3.8) is 0 Å². The molecule has 0 amide bonds. The Kier molecular flexibility index (Phi) is 20.4. The third-order valence-electron chi connectivity index (χ3n) is 5.91. The van der Waals surface area contributed by atoms with Crippen LogP contribution in [0.25, 0.3) is 0 Å². The second-order valence-corrected chi connectivity index (χ2v) is 12.0. The Morgan fingerprint density at radius 3 is 1.73 bits per heavy atom. The molecule has 2 rings (SSSR count). The summed E-state index contributed by atoms with van der Waals surface area (Å²) in [5, 5.41) is 1.49. The summed E-state index contributed by atoms with van der Waals surface area (Å²) in [5.74, 6) is -2.67. The highest BCUT2D eigenvalue weighted by Crippen LogP contribution is 2.49. The number of phosphoric ester groups is 1. The van der Waals surface area contributed by atoms with Gasteiger partial charge in [-0.25, -0.2) is 17.7 Å². The number of Topliss-reactive ketones (excluding diaryl/α,β-unsaturated/α-hetero) is 2. The summed E-state index contributed by atoms with van der Waals surface area (Å²) in [6, 6.07) is 11.9. The molecule has 1 unspecified atom stereocenters. The van der Waals surface area contributed by atoms with Crippen molar-refractivity contribution in [3.05, 3.63) is 52.7 Å². The van der Waals surface area contributed by atoms with E-state index in [1.807, 2.05) is 18.2 Å². The van der Waals surface area contributed by atoms with E-state index < -0.39 is 32.0 Å². The molecular formula is C30H44F3O6PS. The molecular weight excluding hydrogens is 576 g/mol. The van der Waals surface area contributed by atoms with Crippen molar-refractivity contribution < 1.29 is 40.9 Å². The Bertz CT molecular complexity index is 969. The Morgan fingerprint density at radius 1 is 0.756 bits per heavy atom. The van der Waals surface area contributed by atoms with Crippen LogP contribution < -0.4 is 4.52 Å². The van der Waals surface area contributed by atoms with Crippen LogP contribution in [0, 0.1) is 0 Å². The van der Waals surface area contributed by atoms with E-state index in [0.29, 0.717) is 19.0 Å². The maximum atomic E-state index is 13.0. The van der Waals surface area contributed by atoms with Crippen molar-refractivity contribution in [2.24, 2.45) is 0 Å². The molecule has 0 radical (unpaired) electrons. The van der Waals surface area contributed by atoms with Crippen LogP contribution in [-0.4, -0.2) is 37.4 Å². The van der Waals surface area contributed by atoms with Gasteiger partial charge in [0.2, 0.25) is 17.7 Å². The summed E-state index contributed by atoms with van der Waals surface area (Å²) in [4.78, 5) is 21.4. The maximum absolute atomic E-state index is 13.0. The van der Waals surface area contributed by atoms with Gasteiger partial charge in [-0.1, -0.05) is 102 Å². The summed E-state index contributed by atoms with van der Waals surface area (Å²) >= 11 is 0.902. The largest absolute Gasteiger partial charge is 0.530 e. The predicted molar refractivity (Wildman–Crippen MR) is 158 cm³/mol. The van der Waals surface area contributed by atoms with E-state index in [1.54, 1.807) is 12.1 Å². The molecule has 2 aromatic rings. The summed E-state index contributed by atoms with van der Waals surface area (Å²) in [6.45, 7) is 5.24. The molecule has 0 N–H and O–H groups in total. The lowest BCUT2D eigenvalue weighted by Crippen LogP contribution is -2.30. The van der Waals surface area contributed by atoms with Crippen LogP contribution in [0.15, 0.2) is 47.8 Å². The Balaban J connectivity index is 0.000000502. The molecule has 0 saturated heterocycles. The number of carbonyl (C=O) groups excluding carboxylic acids is 2. The molecule has 0 aliphatic carbocycles. The zero-order valence-corrected chi connectivity index (χ0v) is 25.8. The molecule has 0 aliphatic heterocycles. The average Bonchev–Trinajstić information content (AvgIpc) is 3.51. The first-order valence-electron chi connectivity index (χ1n) is 14.4. The zero-order chi connectivity index (χ0) is 30.3. The van der Waals surface area contributed by atoms with Gasteiger partial charge in [0, 0.05) is 0 Å². The summed E-state index contributed by atoms with van der Waals surface area (Å²) < 4.78 is 66.1. The van der Waals surface area contributed by atoms with Gasteiger partial charge in [-0.2, -0.15) is 0 Å². The summed E-state index contributed by atoms with van der Waals surface area (Å²) in [6.07, 6.45) is 7.65. The normalized spacial score (nSPS) is 12.0. The van der Waals surface area contributed by atoms with Crippen molar-refractivity contribution in [3.8, 4) is 5.75 Å². The first-order valence-corrected chi connectivity index (χ1v) is 16.8. The smallest absolute Gasteiger partial charge is 0.404 e. The molecule has 1 heterocycles. The van der Waals surface area contributed by atoms with Gasteiger partial charge in [-0.05, 0) is 36.4 Å². The first-order chi connectivity index (χ1) is 19.7. The molecule has 0 aliphatic rings. The van der Waals surface area contributed by atoms with Gasteiger partial charge >= 0.3 is 7.82 Å². The minimum atomic E-state index is -3.56. The number of unbranched alkanes of at least 4 members (excludes halogenated alkanes) is 10. The van der Waals surface area contributed by atoms with Crippen LogP contribution in [0.3, 0.4) is 0 Å². The molecule has 0 fully saturated rings. The van der Waals surface area contributed by atoms with Crippen LogP contribution >= 0.6 is 19.2 Å². The van der Waals surface area contributed by atoms with E-state index in [0.717, 1.165) is 37.0 Å². The number of carbonyl (C=O) groups is 2. The van der Waals surface area contributed by atoms with E-state index >= 15 is 0 Å². The molecule has 0 saturated carbocycles. The SMILES string of the molecule is CCCCCCCCOP(=O)(OCCCCCCCC)Oc1ccccc1.O=C(c1cccs1)C(F)C(=O)C(F)F. The molecule has 232 valence electrons. The number of para-hydroxylation sites is 1. The van der Waals surface area contributed by atoms with E-state index in [4.69, 9.17) is 13.6 Å². The number of benzene rings is 1. The number of thiophene rings is 1. The fourth-order valence-corrected chi connectivity index (χ4v) is 5.55. The number of hydrogen-bond acceptors (Lipinski definition) is 7. The Morgan fingerprint density at radius 2 is 1.27 bits per heavy atom. The van der Waals surface area contributed by atoms with Crippen molar-refractivity contribution in [2.75, 3.05) is 13.2 Å². The second kappa shape index (κ2) is 22.6. The number of alkyl halides is 3. The molecule has 1 atom stereocenters. The average molecular weight is 621 g/mol. The number of rotatable bonds is 22. The molecule has 1 aromatic heterocycles. The highest BCUT2D eigenvalue weighted by atomic mass is 32.1. The lowest BCUT2D eigenvalue weighted by Gasteiger charge is -2.18. The number of hydrogen-bond donors (Lipinski definition) is 0. The third kappa shape index (κ3) is 16.9. The maximum Gasteiger partial charge on any atom is 0.530 e. The van der Waals surface area contributed by atoms with Crippen molar-refractivity contribution >= 4 is 30.7 Å². The van der Waals surface area contributed by atoms with Gasteiger partial charge in [0.25, 0.3) is 6.43 Å². The van der Waals surface area contributed by atoms with Gasteiger partial charge in [0.1, 0.15) is 5.75 Å². The van der Waals surface area contributed by atoms with E-state index in [1.165, 1.54) is 68.9 Å². The van der Waals surface area contributed by atoms with E-state index in [9.17, 15) is 27.3 Å². The van der Waals surface area contributed by atoms with Gasteiger partial charge in [-0.15, -0.1) is 11.3 Å². The molecule has 0 bridgehead atoms. The molecule has 11 heteroatoms. The topological polar surface area (TPSA) is 78.9 Å². The monoisotopic (exact) mass is 620 g/mol. The van der Waals surface area contributed by atoms with Crippen LogP contribution in [-0.2, 0) is 18.4 Å². The predicted octanol–water partition coefficient (Wildman–Crippen LogP) is 10.0. The van der Waals surface area contributed by atoms with Gasteiger partial charge < -0.3 is 4.52 Å².